The zero-order valence-corrected chi connectivity index (χ0v) is 14.7. The van der Waals surface area contributed by atoms with E-state index in [9.17, 15) is 17.6 Å². The Hall–Kier alpha value is -0.930. The van der Waals surface area contributed by atoms with Gasteiger partial charge in [0, 0.05) is 16.6 Å². The third-order valence-corrected chi connectivity index (χ3v) is 7.19. The summed E-state index contributed by atoms with van der Waals surface area (Å²) in [6.07, 6.45) is 0. The van der Waals surface area contributed by atoms with Crippen LogP contribution < -0.4 is 4.90 Å². The van der Waals surface area contributed by atoms with Gasteiger partial charge in [-0.05, 0) is 18.2 Å². The molecule has 0 bridgehead atoms. The van der Waals surface area contributed by atoms with Gasteiger partial charge in [-0.15, -0.1) is 0 Å². The molecule has 118 valence electrons. The van der Waals surface area contributed by atoms with Crippen molar-refractivity contribution in [2.75, 3.05) is 16.4 Å². The molecule has 0 N–H and O–H groups in total. The number of hydrogen-bond acceptors (Lipinski definition) is 4. The first-order chi connectivity index (χ1) is 10.3. The molecule has 0 spiro atoms. The van der Waals surface area contributed by atoms with E-state index < -0.39 is 27.6 Å². The van der Waals surface area contributed by atoms with Gasteiger partial charge in [0.25, 0.3) is 0 Å². The maximum absolute atomic E-state index is 14.3. The lowest BCUT2D eigenvalue weighted by atomic mass is 10.2. The molecule has 1 amide bonds. The van der Waals surface area contributed by atoms with E-state index in [2.05, 4.69) is 20.9 Å². The number of carbonyl (C=O) groups excluding carboxylic acids is 1. The molecule has 1 aromatic rings. The molecule has 22 heavy (non-hydrogen) atoms. The lowest BCUT2D eigenvalue weighted by Crippen LogP contribution is -2.38. The van der Waals surface area contributed by atoms with E-state index in [1.807, 2.05) is 0 Å². The second-order valence-corrected chi connectivity index (χ2v) is 9.46. The van der Waals surface area contributed by atoms with Crippen molar-refractivity contribution in [1.82, 2.24) is 0 Å². The highest BCUT2D eigenvalue weighted by Crippen LogP contribution is 2.42. The van der Waals surface area contributed by atoms with Crippen LogP contribution in [0, 0.1) is 5.82 Å². The van der Waals surface area contributed by atoms with Crippen LogP contribution in [0.2, 0.25) is 0 Å². The molecule has 0 unspecified atom stereocenters. The first kappa shape index (κ1) is 15.9. The van der Waals surface area contributed by atoms with E-state index in [0.29, 0.717) is 9.64 Å². The van der Waals surface area contributed by atoms with Crippen LogP contribution in [0.5, 0.6) is 0 Å². The monoisotopic (exact) mass is 406 g/mol. The number of thioether (sulfide) groups is 1. The molecule has 2 aliphatic rings. The minimum atomic E-state index is -3.15. The second-order valence-electron chi connectivity index (χ2n) is 5.18. The fourth-order valence-corrected chi connectivity index (χ4v) is 6.94. The normalized spacial score (nSPS) is 28.1. The Balaban J connectivity index is 2.08. The van der Waals surface area contributed by atoms with Crippen LogP contribution >= 0.6 is 27.7 Å². The first-order valence-corrected chi connectivity index (χ1v) is 9.97. The molecule has 2 fully saturated rings. The maximum Gasteiger partial charge on any atom is 0.244 e. The maximum atomic E-state index is 14.3. The summed E-state index contributed by atoms with van der Waals surface area (Å²) >= 11 is 4.42. The van der Waals surface area contributed by atoms with Crippen molar-refractivity contribution in [3.63, 3.8) is 0 Å². The standard InChI is InChI=1S/C13H12BrFN2O3S2/c1-7(18)16-13-17(10-3-2-8(14)4-9(10)15)11-5-22(19,20)6-12(11)21-13/h2-4,11-12H,5-6H2,1H3/t11-,12-/m1/s1. The summed E-state index contributed by atoms with van der Waals surface area (Å²) in [6.45, 7) is 1.31. The Bertz CT molecular complexity index is 781. The average Bonchev–Trinajstić information content (AvgIpc) is 2.81. The summed E-state index contributed by atoms with van der Waals surface area (Å²) < 4.78 is 38.6. The number of carbonyl (C=O) groups is 1. The van der Waals surface area contributed by atoms with Crippen LogP contribution in [0.15, 0.2) is 27.7 Å². The zero-order chi connectivity index (χ0) is 16.1. The largest absolute Gasteiger partial charge is 0.313 e. The molecule has 2 saturated heterocycles. The van der Waals surface area contributed by atoms with Crippen molar-refractivity contribution in [3.05, 3.63) is 28.5 Å². The van der Waals surface area contributed by atoms with Gasteiger partial charge in [0.2, 0.25) is 5.91 Å². The van der Waals surface area contributed by atoms with Crippen molar-refractivity contribution >= 4 is 54.3 Å². The highest BCUT2D eigenvalue weighted by Gasteiger charge is 2.49. The molecule has 2 atom stereocenters. The third kappa shape index (κ3) is 2.93. The summed E-state index contributed by atoms with van der Waals surface area (Å²) in [6, 6.07) is 4.14. The number of halogens is 2. The number of sulfone groups is 1. The molecule has 2 aliphatic heterocycles. The highest BCUT2D eigenvalue weighted by atomic mass is 79.9. The molecule has 3 rings (SSSR count). The van der Waals surface area contributed by atoms with E-state index in [1.54, 1.807) is 17.0 Å². The number of aliphatic imine (C=N–C) groups is 1. The van der Waals surface area contributed by atoms with Gasteiger partial charge >= 0.3 is 0 Å². The van der Waals surface area contributed by atoms with Gasteiger partial charge in [-0.25, -0.2) is 12.8 Å². The van der Waals surface area contributed by atoms with Gasteiger partial charge in [-0.2, -0.15) is 4.99 Å². The predicted octanol–water partition coefficient (Wildman–Crippen LogP) is 2.21. The Kier molecular flexibility index (Phi) is 4.07. The van der Waals surface area contributed by atoms with Crippen LogP contribution in [0.3, 0.4) is 0 Å². The lowest BCUT2D eigenvalue weighted by Gasteiger charge is -2.24. The molecule has 0 radical (unpaired) electrons. The van der Waals surface area contributed by atoms with Crippen molar-refractivity contribution in [1.29, 1.82) is 0 Å². The van der Waals surface area contributed by atoms with E-state index in [1.165, 1.54) is 24.8 Å². The van der Waals surface area contributed by atoms with Gasteiger partial charge in [0.1, 0.15) is 5.82 Å². The first-order valence-electron chi connectivity index (χ1n) is 6.47. The predicted molar refractivity (Wildman–Crippen MR) is 88.5 cm³/mol. The van der Waals surface area contributed by atoms with Crippen molar-refractivity contribution < 1.29 is 17.6 Å². The number of amidine groups is 1. The highest BCUT2D eigenvalue weighted by molar-refractivity contribution is 9.10. The number of nitrogens with zero attached hydrogens (tertiary/aromatic N) is 2. The summed E-state index contributed by atoms with van der Waals surface area (Å²) in [7, 11) is -3.15. The molecule has 9 heteroatoms. The number of hydrogen-bond donors (Lipinski definition) is 0. The molecular formula is C13H12BrFN2O3S2. The van der Waals surface area contributed by atoms with Crippen LogP contribution in [0.25, 0.3) is 0 Å². The van der Waals surface area contributed by atoms with Crippen molar-refractivity contribution in [2.24, 2.45) is 4.99 Å². The van der Waals surface area contributed by atoms with E-state index in [-0.39, 0.29) is 22.4 Å². The van der Waals surface area contributed by atoms with Crippen LogP contribution in [0.4, 0.5) is 10.1 Å². The number of benzene rings is 1. The molecule has 2 heterocycles. The Morgan fingerprint density at radius 2 is 2.18 bits per heavy atom. The number of amides is 1. The molecule has 0 aliphatic carbocycles. The van der Waals surface area contributed by atoms with Crippen LogP contribution in [-0.2, 0) is 14.6 Å². The number of fused-ring (bicyclic) bond motifs is 1. The van der Waals surface area contributed by atoms with Gasteiger partial charge in [-0.1, -0.05) is 27.7 Å². The molecule has 1 aromatic carbocycles. The van der Waals surface area contributed by atoms with Gasteiger partial charge in [0.15, 0.2) is 15.0 Å². The number of rotatable bonds is 1. The van der Waals surface area contributed by atoms with Crippen LogP contribution in [0.1, 0.15) is 6.92 Å². The molecular weight excluding hydrogens is 395 g/mol. The van der Waals surface area contributed by atoms with Crippen molar-refractivity contribution in [3.8, 4) is 0 Å². The fourth-order valence-electron chi connectivity index (χ4n) is 2.66. The van der Waals surface area contributed by atoms with E-state index in [4.69, 9.17) is 0 Å². The van der Waals surface area contributed by atoms with E-state index in [0.717, 1.165) is 0 Å². The van der Waals surface area contributed by atoms with Crippen LogP contribution in [-0.4, -0.2) is 42.3 Å². The summed E-state index contributed by atoms with van der Waals surface area (Å²) in [4.78, 5) is 16.8. The Morgan fingerprint density at radius 3 is 2.82 bits per heavy atom. The second kappa shape index (κ2) is 5.61. The average molecular weight is 407 g/mol. The topological polar surface area (TPSA) is 66.8 Å². The molecule has 5 nitrogen and oxygen atoms in total. The minimum absolute atomic E-state index is 0.0217. The van der Waals surface area contributed by atoms with Gasteiger partial charge < -0.3 is 4.90 Å². The Labute approximate surface area is 140 Å². The SMILES string of the molecule is CC(=O)N=C1S[C@@H]2CS(=O)(=O)C[C@H]2N1c1ccc(Br)cc1F. The number of anilines is 1. The quantitative estimate of drug-likeness (QED) is 0.714. The zero-order valence-electron chi connectivity index (χ0n) is 11.5. The third-order valence-electron chi connectivity index (χ3n) is 3.49. The molecule has 0 aromatic heterocycles. The van der Waals surface area contributed by atoms with Crippen molar-refractivity contribution in [2.45, 2.75) is 18.2 Å². The molecule has 0 saturated carbocycles. The fraction of sp³-hybridized carbons (Fsp3) is 0.385. The van der Waals surface area contributed by atoms with Gasteiger partial charge in [0.05, 0.1) is 23.2 Å². The summed E-state index contributed by atoms with van der Waals surface area (Å²) in [5, 5.41) is 0.129. The smallest absolute Gasteiger partial charge is 0.244 e. The summed E-state index contributed by atoms with van der Waals surface area (Å²) in [5.74, 6) is -0.922. The van der Waals surface area contributed by atoms with E-state index >= 15 is 0 Å². The Morgan fingerprint density at radius 1 is 1.45 bits per heavy atom. The minimum Gasteiger partial charge on any atom is -0.313 e. The summed E-state index contributed by atoms with van der Waals surface area (Å²) in [5.41, 5.74) is 0.236. The lowest BCUT2D eigenvalue weighted by molar-refractivity contribution is -0.115. The van der Waals surface area contributed by atoms with Gasteiger partial charge in [-0.3, -0.25) is 4.79 Å².